The SMILES string of the molecule is CC.CCOC(=O)C1(CC)CCN(C(=O)OC(C)(C)C)CC1. The minimum absolute atomic E-state index is 0.133. The standard InChI is InChI=1S/C15H27NO4.C2H6/c1-6-15(12(17)19-7-2)8-10-16(11-9-15)13(18)20-14(3,4)5;1-2/h6-11H2,1-5H3;1-2H3. The number of piperidine rings is 1. The highest BCUT2D eigenvalue weighted by Crippen LogP contribution is 2.36. The van der Waals surface area contributed by atoms with Crippen molar-refractivity contribution in [2.24, 2.45) is 5.41 Å². The Hall–Kier alpha value is -1.26. The van der Waals surface area contributed by atoms with Gasteiger partial charge in [-0.1, -0.05) is 20.8 Å². The lowest BCUT2D eigenvalue weighted by atomic mass is 9.76. The molecule has 0 atom stereocenters. The van der Waals surface area contributed by atoms with Crippen LogP contribution in [0.5, 0.6) is 0 Å². The molecule has 1 amide bonds. The second-order valence-electron chi connectivity index (χ2n) is 6.32. The van der Waals surface area contributed by atoms with E-state index in [0.717, 1.165) is 6.42 Å². The van der Waals surface area contributed by atoms with Gasteiger partial charge >= 0.3 is 12.1 Å². The molecular formula is C17H33NO4. The summed E-state index contributed by atoms with van der Waals surface area (Å²) < 4.78 is 10.5. The molecule has 130 valence electrons. The summed E-state index contributed by atoms with van der Waals surface area (Å²) in [4.78, 5) is 25.8. The van der Waals surface area contributed by atoms with Crippen molar-refractivity contribution >= 4 is 12.1 Å². The number of rotatable bonds is 3. The minimum Gasteiger partial charge on any atom is -0.466 e. The summed E-state index contributed by atoms with van der Waals surface area (Å²) in [6.07, 6.45) is 1.73. The summed E-state index contributed by atoms with van der Waals surface area (Å²) in [5, 5.41) is 0. The first-order valence-electron chi connectivity index (χ1n) is 8.39. The quantitative estimate of drug-likeness (QED) is 0.739. The van der Waals surface area contributed by atoms with Crippen molar-refractivity contribution < 1.29 is 19.1 Å². The lowest BCUT2D eigenvalue weighted by molar-refractivity contribution is -0.158. The van der Waals surface area contributed by atoms with Crippen molar-refractivity contribution in [2.45, 2.75) is 73.3 Å². The Morgan fingerprint density at radius 2 is 1.59 bits per heavy atom. The zero-order chi connectivity index (χ0) is 17.4. The summed E-state index contributed by atoms with van der Waals surface area (Å²) in [6, 6.07) is 0. The molecule has 0 radical (unpaired) electrons. The number of hydrogen-bond acceptors (Lipinski definition) is 4. The average Bonchev–Trinajstić information content (AvgIpc) is 2.48. The Bertz CT molecular complexity index is 352. The van der Waals surface area contributed by atoms with E-state index in [4.69, 9.17) is 9.47 Å². The Labute approximate surface area is 135 Å². The molecule has 1 aliphatic heterocycles. The van der Waals surface area contributed by atoms with Crippen molar-refractivity contribution in [3.63, 3.8) is 0 Å². The summed E-state index contributed by atoms with van der Waals surface area (Å²) >= 11 is 0. The van der Waals surface area contributed by atoms with Crippen molar-refractivity contribution in [1.82, 2.24) is 4.90 Å². The number of likely N-dealkylation sites (tertiary alicyclic amines) is 1. The van der Waals surface area contributed by atoms with Crippen molar-refractivity contribution in [3.05, 3.63) is 0 Å². The van der Waals surface area contributed by atoms with Crippen LogP contribution < -0.4 is 0 Å². The highest BCUT2D eigenvalue weighted by atomic mass is 16.6. The van der Waals surface area contributed by atoms with E-state index in [0.29, 0.717) is 32.5 Å². The van der Waals surface area contributed by atoms with Crippen LogP contribution in [0, 0.1) is 5.41 Å². The fourth-order valence-electron chi connectivity index (χ4n) is 2.43. The van der Waals surface area contributed by atoms with Crippen molar-refractivity contribution in [1.29, 1.82) is 0 Å². The minimum atomic E-state index is -0.489. The number of ether oxygens (including phenoxy) is 2. The Morgan fingerprint density at radius 3 is 1.95 bits per heavy atom. The number of esters is 1. The first-order chi connectivity index (χ1) is 10.2. The van der Waals surface area contributed by atoms with Crippen LogP contribution in [-0.4, -0.2) is 42.3 Å². The molecule has 1 fully saturated rings. The van der Waals surface area contributed by atoms with Crippen LogP contribution in [0.25, 0.3) is 0 Å². The summed E-state index contributed by atoms with van der Waals surface area (Å²) in [5.74, 6) is -0.133. The zero-order valence-electron chi connectivity index (χ0n) is 15.3. The zero-order valence-corrected chi connectivity index (χ0v) is 15.3. The number of carbonyl (C=O) groups excluding carboxylic acids is 2. The third kappa shape index (κ3) is 5.85. The molecule has 0 unspecified atom stereocenters. The maximum atomic E-state index is 12.1. The molecule has 1 rings (SSSR count). The molecule has 0 aliphatic carbocycles. The lowest BCUT2D eigenvalue weighted by Gasteiger charge is -2.39. The van der Waals surface area contributed by atoms with Gasteiger partial charge in [0.2, 0.25) is 0 Å². The average molecular weight is 315 g/mol. The maximum absolute atomic E-state index is 12.1. The van der Waals surface area contributed by atoms with E-state index in [2.05, 4.69) is 0 Å². The van der Waals surface area contributed by atoms with Gasteiger partial charge in [0, 0.05) is 13.1 Å². The van der Waals surface area contributed by atoms with Gasteiger partial charge in [-0.3, -0.25) is 4.79 Å². The highest BCUT2D eigenvalue weighted by molar-refractivity contribution is 5.77. The molecule has 0 N–H and O–H groups in total. The topological polar surface area (TPSA) is 55.8 Å². The second kappa shape index (κ2) is 9.01. The van der Waals surface area contributed by atoms with Crippen LogP contribution >= 0.6 is 0 Å². The van der Waals surface area contributed by atoms with Gasteiger partial charge < -0.3 is 14.4 Å². The van der Waals surface area contributed by atoms with Gasteiger partial charge in [-0.15, -0.1) is 0 Å². The van der Waals surface area contributed by atoms with E-state index in [9.17, 15) is 9.59 Å². The van der Waals surface area contributed by atoms with Crippen LogP contribution in [0.3, 0.4) is 0 Å². The van der Waals surface area contributed by atoms with Crippen molar-refractivity contribution in [3.8, 4) is 0 Å². The normalized spacial score (nSPS) is 17.1. The molecule has 0 bridgehead atoms. The van der Waals surface area contributed by atoms with Crippen LogP contribution in [0.15, 0.2) is 0 Å². The molecule has 1 saturated heterocycles. The molecule has 5 nitrogen and oxygen atoms in total. The van der Waals surface area contributed by atoms with Crippen LogP contribution in [0.4, 0.5) is 4.79 Å². The van der Waals surface area contributed by atoms with Gasteiger partial charge in [-0.05, 0) is 47.0 Å². The summed E-state index contributed by atoms with van der Waals surface area (Å²) in [6.45, 7) is 14.9. The van der Waals surface area contributed by atoms with Gasteiger partial charge in [-0.25, -0.2) is 4.79 Å². The van der Waals surface area contributed by atoms with E-state index < -0.39 is 11.0 Å². The molecule has 0 spiro atoms. The fourth-order valence-corrected chi connectivity index (χ4v) is 2.43. The van der Waals surface area contributed by atoms with Crippen LogP contribution in [0.1, 0.15) is 67.7 Å². The predicted octanol–water partition coefficient (Wildman–Crippen LogP) is 4.00. The number of nitrogens with zero attached hydrogens (tertiary/aromatic N) is 1. The van der Waals surface area contributed by atoms with Crippen LogP contribution in [-0.2, 0) is 14.3 Å². The Balaban J connectivity index is 0.00000211. The molecule has 22 heavy (non-hydrogen) atoms. The molecule has 0 saturated carbocycles. The van der Waals surface area contributed by atoms with E-state index in [1.165, 1.54) is 0 Å². The number of carbonyl (C=O) groups is 2. The second-order valence-corrected chi connectivity index (χ2v) is 6.32. The van der Waals surface area contributed by atoms with Gasteiger partial charge in [0.05, 0.1) is 12.0 Å². The van der Waals surface area contributed by atoms with Crippen LogP contribution in [0.2, 0.25) is 0 Å². The molecule has 0 aromatic carbocycles. The van der Waals surface area contributed by atoms with Gasteiger partial charge in [0.1, 0.15) is 5.60 Å². The van der Waals surface area contributed by atoms with E-state index in [1.54, 1.807) is 4.90 Å². The van der Waals surface area contributed by atoms with Gasteiger partial charge in [0.15, 0.2) is 0 Å². The summed E-state index contributed by atoms with van der Waals surface area (Å²) in [7, 11) is 0. The monoisotopic (exact) mass is 315 g/mol. The highest BCUT2D eigenvalue weighted by Gasteiger charge is 2.42. The van der Waals surface area contributed by atoms with E-state index >= 15 is 0 Å². The fraction of sp³-hybridized carbons (Fsp3) is 0.882. The Morgan fingerprint density at radius 1 is 1.09 bits per heavy atom. The van der Waals surface area contributed by atoms with Gasteiger partial charge in [-0.2, -0.15) is 0 Å². The lowest BCUT2D eigenvalue weighted by Crippen LogP contribution is -2.48. The Kier molecular flexibility index (Phi) is 8.49. The molecule has 0 aromatic rings. The summed E-state index contributed by atoms with van der Waals surface area (Å²) in [5.41, 5.74) is -0.925. The molecule has 0 aromatic heterocycles. The number of hydrogen-bond donors (Lipinski definition) is 0. The smallest absolute Gasteiger partial charge is 0.410 e. The van der Waals surface area contributed by atoms with Gasteiger partial charge in [0.25, 0.3) is 0 Å². The molecular weight excluding hydrogens is 282 g/mol. The predicted molar refractivity (Wildman–Crippen MR) is 87.7 cm³/mol. The third-order valence-corrected chi connectivity index (χ3v) is 3.76. The third-order valence-electron chi connectivity index (χ3n) is 3.76. The van der Waals surface area contributed by atoms with Crippen molar-refractivity contribution in [2.75, 3.05) is 19.7 Å². The van der Waals surface area contributed by atoms with E-state index in [1.807, 2.05) is 48.5 Å². The number of amides is 1. The largest absolute Gasteiger partial charge is 0.466 e. The first-order valence-corrected chi connectivity index (χ1v) is 8.39. The first kappa shape index (κ1) is 20.7. The molecule has 1 aliphatic rings. The molecule has 1 heterocycles. The van der Waals surface area contributed by atoms with E-state index in [-0.39, 0.29) is 12.1 Å². The molecule has 5 heteroatoms. The maximum Gasteiger partial charge on any atom is 0.410 e.